The maximum atomic E-state index is 3.91. The zero-order valence-corrected chi connectivity index (χ0v) is 11.1. The van der Waals surface area contributed by atoms with Crippen molar-refractivity contribution >= 4 is 11.8 Å². The van der Waals surface area contributed by atoms with E-state index in [4.69, 9.17) is 0 Å². The molecule has 0 bridgehead atoms. The van der Waals surface area contributed by atoms with Crippen molar-refractivity contribution in [3.63, 3.8) is 0 Å². The molecule has 16 heavy (non-hydrogen) atoms. The molecular weight excluding hydrogens is 214 g/mol. The molecule has 0 saturated heterocycles. The van der Waals surface area contributed by atoms with Crippen LogP contribution in [-0.4, -0.2) is 12.3 Å². The summed E-state index contributed by atoms with van der Waals surface area (Å²) in [6, 6.07) is 8.81. The molecule has 0 fully saturated rings. The third-order valence-electron chi connectivity index (χ3n) is 2.30. The minimum absolute atomic E-state index is 0.965. The molecule has 0 aromatic heterocycles. The van der Waals surface area contributed by atoms with E-state index in [2.05, 4.69) is 50.0 Å². The fourth-order valence-electron chi connectivity index (χ4n) is 1.32. The largest absolute Gasteiger partial charge is 0.313 e. The highest BCUT2D eigenvalue weighted by Gasteiger charge is 1.95. The number of hydrogen-bond acceptors (Lipinski definition) is 2. The molecule has 0 aliphatic heterocycles. The Morgan fingerprint density at radius 3 is 2.56 bits per heavy atom. The Balaban J connectivity index is 2.36. The molecule has 0 saturated carbocycles. The van der Waals surface area contributed by atoms with Gasteiger partial charge in [0.1, 0.15) is 0 Å². The monoisotopic (exact) mass is 235 g/mol. The third kappa shape index (κ3) is 5.38. The molecule has 1 nitrogen and oxygen atoms in total. The lowest BCUT2D eigenvalue weighted by molar-refractivity contribution is 0.726. The fourth-order valence-corrected chi connectivity index (χ4v) is 2.33. The highest BCUT2D eigenvalue weighted by Crippen LogP contribution is 2.20. The number of thioether (sulfide) groups is 1. The molecule has 0 aliphatic rings. The molecule has 0 radical (unpaired) electrons. The lowest BCUT2D eigenvalue weighted by Gasteiger charge is -2.04. The lowest BCUT2D eigenvalue weighted by Crippen LogP contribution is -2.11. The summed E-state index contributed by atoms with van der Waals surface area (Å²) in [6.45, 7) is 10.1. The van der Waals surface area contributed by atoms with Gasteiger partial charge in [-0.1, -0.05) is 24.6 Å². The summed E-state index contributed by atoms with van der Waals surface area (Å²) in [5.41, 5.74) is 2.61. The summed E-state index contributed by atoms with van der Waals surface area (Å²) in [5, 5.41) is 3.32. The summed E-state index contributed by atoms with van der Waals surface area (Å²) in [4.78, 5) is 1.35. The first kappa shape index (κ1) is 13.3. The van der Waals surface area contributed by atoms with Crippen molar-refractivity contribution in [1.29, 1.82) is 0 Å². The topological polar surface area (TPSA) is 12.0 Å². The van der Waals surface area contributed by atoms with Crippen LogP contribution in [-0.2, 0) is 6.54 Å². The SMILES string of the molecule is C=C(C)CCSc1ccc(CNCC)cc1. The van der Waals surface area contributed by atoms with Crippen LogP contribution < -0.4 is 5.32 Å². The molecule has 0 spiro atoms. The van der Waals surface area contributed by atoms with E-state index in [1.165, 1.54) is 16.0 Å². The summed E-state index contributed by atoms with van der Waals surface area (Å²) in [6.07, 6.45) is 1.10. The van der Waals surface area contributed by atoms with Crippen molar-refractivity contribution < 1.29 is 0 Å². The summed E-state index contributed by atoms with van der Waals surface area (Å²) >= 11 is 1.90. The van der Waals surface area contributed by atoms with Crippen LogP contribution in [0, 0.1) is 0 Å². The molecule has 0 aliphatic carbocycles. The molecule has 1 N–H and O–H groups in total. The molecule has 88 valence electrons. The number of nitrogens with one attached hydrogen (secondary N) is 1. The Kier molecular flexibility index (Phi) is 6.27. The number of benzene rings is 1. The van der Waals surface area contributed by atoms with E-state index in [9.17, 15) is 0 Å². The van der Waals surface area contributed by atoms with E-state index in [1.54, 1.807) is 0 Å². The van der Waals surface area contributed by atoms with Crippen LogP contribution in [0.1, 0.15) is 25.8 Å². The molecule has 0 heterocycles. The first-order chi connectivity index (χ1) is 7.72. The van der Waals surface area contributed by atoms with Gasteiger partial charge in [0, 0.05) is 17.2 Å². The van der Waals surface area contributed by atoms with Gasteiger partial charge in [0.2, 0.25) is 0 Å². The van der Waals surface area contributed by atoms with Gasteiger partial charge in [-0.05, 0) is 37.6 Å². The number of allylic oxidation sites excluding steroid dienone is 1. The van der Waals surface area contributed by atoms with Crippen LogP contribution >= 0.6 is 11.8 Å². The first-order valence-corrected chi connectivity index (χ1v) is 6.77. The molecule has 0 amide bonds. The van der Waals surface area contributed by atoms with Crippen LogP contribution in [0.25, 0.3) is 0 Å². The highest BCUT2D eigenvalue weighted by molar-refractivity contribution is 7.99. The van der Waals surface area contributed by atoms with E-state index < -0.39 is 0 Å². The molecular formula is C14H21NS. The summed E-state index contributed by atoms with van der Waals surface area (Å²) in [7, 11) is 0. The minimum Gasteiger partial charge on any atom is -0.313 e. The molecule has 0 unspecified atom stereocenters. The van der Waals surface area contributed by atoms with Crippen molar-refractivity contribution in [1.82, 2.24) is 5.32 Å². The second kappa shape index (κ2) is 7.53. The first-order valence-electron chi connectivity index (χ1n) is 5.79. The molecule has 1 aromatic carbocycles. The second-order valence-corrected chi connectivity index (χ2v) is 5.15. The Morgan fingerprint density at radius 2 is 2.00 bits per heavy atom. The highest BCUT2D eigenvalue weighted by atomic mass is 32.2. The standard InChI is InChI=1S/C14H21NS/c1-4-15-11-13-5-7-14(8-6-13)16-10-9-12(2)3/h5-8,15H,2,4,9-11H2,1,3H3. The van der Waals surface area contributed by atoms with E-state index >= 15 is 0 Å². The zero-order valence-electron chi connectivity index (χ0n) is 10.3. The van der Waals surface area contributed by atoms with Crippen LogP contribution in [0.15, 0.2) is 41.3 Å². The summed E-state index contributed by atoms with van der Waals surface area (Å²) in [5.74, 6) is 1.13. The molecule has 1 aromatic rings. The van der Waals surface area contributed by atoms with Gasteiger partial charge in [-0.15, -0.1) is 18.3 Å². The van der Waals surface area contributed by atoms with Gasteiger partial charge in [-0.2, -0.15) is 0 Å². The van der Waals surface area contributed by atoms with E-state index in [-0.39, 0.29) is 0 Å². The quantitative estimate of drug-likeness (QED) is 0.569. The van der Waals surface area contributed by atoms with E-state index in [0.717, 1.165) is 25.3 Å². The van der Waals surface area contributed by atoms with E-state index in [0.29, 0.717) is 0 Å². The Labute approximate surface area is 103 Å². The summed E-state index contributed by atoms with van der Waals surface area (Å²) < 4.78 is 0. The van der Waals surface area contributed by atoms with Crippen LogP contribution in [0.2, 0.25) is 0 Å². The van der Waals surface area contributed by atoms with Crippen LogP contribution in [0.3, 0.4) is 0 Å². The Bertz CT molecular complexity index is 316. The smallest absolute Gasteiger partial charge is 0.0205 e. The van der Waals surface area contributed by atoms with Crippen LogP contribution in [0.5, 0.6) is 0 Å². The number of rotatable bonds is 7. The second-order valence-electron chi connectivity index (χ2n) is 3.98. The maximum Gasteiger partial charge on any atom is 0.0205 e. The normalized spacial score (nSPS) is 10.4. The predicted octanol–water partition coefficient (Wildman–Crippen LogP) is 3.85. The molecule has 0 atom stereocenters. The average molecular weight is 235 g/mol. The lowest BCUT2D eigenvalue weighted by atomic mass is 10.2. The Hall–Kier alpha value is -0.730. The van der Waals surface area contributed by atoms with E-state index in [1.807, 2.05) is 11.8 Å². The van der Waals surface area contributed by atoms with Crippen molar-refractivity contribution in [3.05, 3.63) is 42.0 Å². The maximum absolute atomic E-state index is 3.91. The fraction of sp³-hybridized carbons (Fsp3) is 0.429. The van der Waals surface area contributed by atoms with Crippen molar-refractivity contribution in [3.8, 4) is 0 Å². The van der Waals surface area contributed by atoms with Gasteiger partial charge in [0.15, 0.2) is 0 Å². The zero-order chi connectivity index (χ0) is 11.8. The van der Waals surface area contributed by atoms with Crippen molar-refractivity contribution in [2.45, 2.75) is 31.7 Å². The average Bonchev–Trinajstić information content (AvgIpc) is 2.27. The van der Waals surface area contributed by atoms with Gasteiger partial charge >= 0.3 is 0 Å². The predicted molar refractivity (Wildman–Crippen MR) is 74.0 cm³/mol. The van der Waals surface area contributed by atoms with Crippen LogP contribution in [0.4, 0.5) is 0 Å². The van der Waals surface area contributed by atoms with Gasteiger partial charge < -0.3 is 5.32 Å². The third-order valence-corrected chi connectivity index (χ3v) is 3.31. The minimum atomic E-state index is 0.965. The van der Waals surface area contributed by atoms with Crippen molar-refractivity contribution in [2.24, 2.45) is 0 Å². The molecule has 1 rings (SSSR count). The van der Waals surface area contributed by atoms with Gasteiger partial charge in [0.25, 0.3) is 0 Å². The van der Waals surface area contributed by atoms with Crippen molar-refractivity contribution in [2.75, 3.05) is 12.3 Å². The van der Waals surface area contributed by atoms with Gasteiger partial charge in [0.05, 0.1) is 0 Å². The van der Waals surface area contributed by atoms with Gasteiger partial charge in [-0.25, -0.2) is 0 Å². The molecule has 2 heteroatoms. The Morgan fingerprint density at radius 1 is 1.31 bits per heavy atom. The number of hydrogen-bond donors (Lipinski definition) is 1. The van der Waals surface area contributed by atoms with Gasteiger partial charge in [-0.3, -0.25) is 0 Å².